The number of benzene rings is 2. The summed E-state index contributed by atoms with van der Waals surface area (Å²) in [7, 11) is 0. The maximum Gasteiger partial charge on any atom is 0.189 e. The van der Waals surface area contributed by atoms with E-state index in [1.54, 1.807) is 0 Å². The molecule has 0 aromatic heterocycles. The van der Waals surface area contributed by atoms with E-state index in [0.29, 0.717) is 28.0 Å². The van der Waals surface area contributed by atoms with Gasteiger partial charge in [-0.05, 0) is 50.1 Å². The molecule has 0 fully saturated rings. The highest BCUT2D eigenvalue weighted by atomic mass is 79.9. The molecule has 2 aromatic rings. The molecule has 0 saturated carbocycles. The van der Waals surface area contributed by atoms with Crippen molar-refractivity contribution in [2.24, 2.45) is 0 Å². The lowest BCUT2D eigenvalue weighted by Gasteiger charge is -2.22. The van der Waals surface area contributed by atoms with Gasteiger partial charge in [0, 0.05) is 15.0 Å². The van der Waals surface area contributed by atoms with Crippen LogP contribution in [0.5, 0.6) is 23.0 Å². The Hall–Kier alpha value is -0.230. The quantitative estimate of drug-likeness (QED) is 0.359. The van der Waals surface area contributed by atoms with Gasteiger partial charge in [-0.1, -0.05) is 27.5 Å². The molecular formula is C12H4Br3ClO2. The summed E-state index contributed by atoms with van der Waals surface area (Å²) in [4.78, 5) is 0. The summed E-state index contributed by atoms with van der Waals surface area (Å²) < 4.78 is 14.0. The SMILES string of the molecule is Clc1c(Br)c(Br)cc2c1Oc1ccc(Br)cc1O2. The first-order valence-corrected chi connectivity index (χ1v) is 7.64. The third-order valence-electron chi connectivity index (χ3n) is 2.42. The first-order valence-electron chi connectivity index (χ1n) is 4.89. The molecular weight excluding hydrogens is 451 g/mol. The van der Waals surface area contributed by atoms with Gasteiger partial charge in [0.25, 0.3) is 0 Å². The average molecular weight is 455 g/mol. The minimum atomic E-state index is 0.480. The summed E-state index contributed by atoms with van der Waals surface area (Å²) in [5.74, 6) is 2.39. The molecule has 0 atom stereocenters. The van der Waals surface area contributed by atoms with Gasteiger partial charge in [-0.2, -0.15) is 0 Å². The Kier molecular flexibility index (Phi) is 3.34. The number of ether oxygens (including phenoxy) is 2. The van der Waals surface area contributed by atoms with Crippen LogP contribution in [0.25, 0.3) is 0 Å². The van der Waals surface area contributed by atoms with E-state index in [9.17, 15) is 0 Å². The molecule has 0 N–H and O–H groups in total. The summed E-state index contributed by atoms with van der Waals surface area (Å²) in [6.45, 7) is 0. The van der Waals surface area contributed by atoms with Gasteiger partial charge >= 0.3 is 0 Å². The predicted octanol–water partition coefficient (Wildman–Crippen LogP) is 6.53. The molecule has 2 nitrogen and oxygen atoms in total. The summed E-state index contributed by atoms with van der Waals surface area (Å²) in [6.07, 6.45) is 0. The summed E-state index contributed by atoms with van der Waals surface area (Å²) in [5, 5.41) is 0.480. The van der Waals surface area contributed by atoms with Crippen molar-refractivity contribution >= 4 is 59.4 Å². The second-order valence-corrected chi connectivity index (χ2v) is 6.55. The fourth-order valence-electron chi connectivity index (χ4n) is 1.60. The number of rotatable bonds is 0. The fraction of sp³-hybridized carbons (Fsp3) is 0. The monoisotopic (exact) mass is 452 g/mol. The van der Waals surface area contributed by atoms with Crippen molar-refractivity contribution in [3.05, 3.63) is 42.7 Å². The summed E-state index contributed by atoms with van der Waals surface area (Å²) >= 11 is 16.4. The van der Waals surface area contributed by atoms with Crippen LogP contribution in [0, 0.1) is 0 Å². The van der Waals surface area contributed by atoms with E-state index in [0.717, 1.165) is 13.4 Å². The van der Waals surface area contributed by atoms with E-state index in [2.05, 4.69) is 47.8 Å². The molecule has 92 valence electrons. The molecule has 2 aromatic carbocycles. The highest BCUT2D eigenvalue weighted by molar-refractivity contribution is 9.13. The second kappa shape index (κ2) is 4.71. The Morgan fingerprint density at radius 1 is 0.889 bits per heavy atom. The van der Waals surface area contributed by atoms with Crippen LogP contribution in [0.2, 0.25) is 5.02 Å². The highest BCUT2D eigenvalue weighted by Crippen LogP contribution is 2.52. The van der Waals surface area contributed by atoms with Gasteiger partial charge in [0.15, 0.2) is 23.0 Å². The van der Waals surface area contributed by atoms with Crippen LogP contribution in [0.15, 0.2) is 37.7 Å². The standard InChI is InChI=1S/C12H4Br3ClO2/c13-5-1-2-7-8(3-5)17-9-4-6(14)10(15)11(16)12(9)18-7/h1-4H. The predicted molar refractivity (Wildman–Crippen MR) is 81.1 cm³/mol. The van der Waals surface area contributed by atoms with Crippen molar-refractivity contribution in [3.8, 4) is 23.0 Å². The second-order valence-electron chi connectivity index (χ2n) is 3.61. The highest BCUT2D eigenvalue weighted by Gasteiger charge is 2.24. The molecule has 0 radical (unpaired) electrons. The van der Waals surface area contributed by atoms with E-state index in [1.165, 1.54) is 0 Å². The van der Waals surface area contributed by atoms with Gasteiger partial charge in [-0.25, -0.2) is 0 Å². The topological polar surface area (TPSA) is 18.5 Å². The molecule has 3 rings (SSSR count). The Morgan fingerprint density at radius 2 is 1.67 bits per heavy atom. The van der Waals surface area contributed by atoms with Gasteiger partial charge < -0.3 is 9.47 Å². The first kappa shape index (κ1) is 12.8. The van der Waals surface area contributed by atoms with Crippen LogP contribution in [-0.4, -0.2) is 0 Å². The lowest BCUT2D eigenvalue weighted by molar-refractivity contribution is 0.359. The number of hydrogen-bond acceptors (Lipinski definition) is 2. The van der Waals surface area contributed by atoms with E-state index in [-0.39, 0.29) is 0 Å². The average Bonchev–Trinajstić information content (AvgIpc) is 2.34. The smallest absolute Gasteiger partial charge is 0.189 e. The van der Waals surface area contributed by atoms with Crippen molar-refractivity contribution in [2.45, 2.75) is 0 Å². The van der Waals surface area contributed by atoms with Crippen molar-refractivity contribution < 1.29 is 9.47 Å². The van der Waals surface area contributed by atoms with Crippen LogP contribution >= 0.6 is 59.4 Å². The Bertz CT molecular complexity index is 658. The van der Waals surface area contributed by atoms with Gasteiger partial charge in [0.1, 0.15) is 5.02 Å². The van der Waals surface area contributed by atoms with E-state index >= 15 is 0 Å². The van der Waals surface area contributed by atoms with Crippen LogP contribution in [0.3, 0.4) is 0 Å². The molecule has 1 heterocycles. The minimum absolute atomic E-state index is 0.480. The number of halogens is 4. The third kappa shape index (κ3) is 2.07. The molecule has 18 heavy (non-hydrogen) atoms. The van der Waals surface area contributed by atoms with Gasteiger partial charge in [-0.15, -0.1) is 0 Å². The van der Waals surface area contributed by atoms with Gasteiger partial charge in [0.2, 0.25) is 0 Å². The van der Waals surface area contributed by atoms with E-state index in [4.69, 9.17) is 21.1 Å². The van der Waals surface area contributed by atoms with Crippen molar-refractivity contribution in [2.75, 3.05) is 0 Å². The maximum atomic E-state index is 6.22. The molecule has 0 bridgehead atoms. The number of hydrogen-bond donors (Lipinski definition) is 0. The summed E-state index contributed by atoms with van der Waals surface area (Å²) in [5.41, 5.74) is 0. The third-order valence-corrected chi connectivity index (χ3v) is 5.48. The number of fused-ring (bicyclic) bond motifs is 2. The molecule has 0 aliphatic carbocycles. The van der Waals surface area contributed by atoms with Crippen molar-refractivity contribution in [1.29, 1.82) is 0 Å². The zero-order valence-corrected chi connectivity index (χ0v) is 14.2. The molecule has 0 saturated heterocycles. The molecule has 1 aliphatic rings. The minimum Gasteiger partial charge on any atom is -0.449 e. The zero-order chi connectivity index (χ0) is 12.9. The Labute approximate surface area is 134 Å². The Morgan fingerprint density at radius 3 is 2.44 bits per heavy atom. The first-order chi connectivity index (χ1) is 8.56. The van der Waals surface area contributed by atoms with Gasteiger partial charge in [0.05, 0.1) is 4.47 Å². The van der Waals surface area contributed by atoms with Crippen LogP contribution in [0.1, 0.15) is 0 Å². The van der Waals surface area contributed by atoms with Crippen LogP contribution < -0.4 is 9.47 Å². The maximum absolute atomic E-state index is 6.22. The van der Waals surface area contributed by atoms with Crippen molar-refractivity contribution in [3.63, 3.8) is 0 Å². The van der Waals surface area contributed by atoms with Crippen LogP contribution in [0.4, 0.5) is 0 Å². The molecule has 6 heteroatoms. The molecule has 0 amide bonds. The fourth-order valence-corrected chi connectivity index (χ4v) is 2.99. The summed E-state index contributed by atoms with van der Waals surface area (Å²) in [6, 6.07) is 7.38. The normalized spacial score (nSPS) is 12.2. The van der Waals surface area contributed by atoms with E-state index < -0.39 is 0 Å². The lowest BCUT2D eigenvalue weighted by Crippen LogP contribution is -2.00. The zero-order valence-electron chi connectivity index (χ0n) is 8.64. The molecule has 1 aliphatic heterocycles. The van der Waals surface area contributed by atoms with Crippen LogP contribution in [-0.2, 0) is 0 Å². The lowest BCUT2D eigenvalue weighted by atomic mass is 10.2. The largest absolute Gasteiger partial charge is 0.449 e. The Balaban J connectivity index is 2.16. The van der Waals surface area contributed by atoms with Gasteiger partial charge in [-0.3, -0.25) is 0 Å². The van der Waals surface area contributed by atoms with E-state index in [1.807, 2.05) is 24.3 Å². The molecule has 0 spiro atoms. The molecule has 0 unspecified atom stereocenters. The van der Waals surface area contributed by atoms with Crippen molar-refractivity contribution in [1.82, 2.24) is 0 Å².